The number of carbonyl (C=O) groups is 3. The van der Waals surface area contributed by atoms with Gasteiger partial charge in [-0.1, -0.05) is 30.3 Å². The number of nitrogens with two attached hydrogens (primary N) is 1. The van der Waals surface area contributed by atoms with Crippen LogP contribution in [0, 0.1) is 6.92 Å². The Hall–Kier alpha value is -4.87. The summed E-state index contributed by atoms with van der Waals surface area (Å²) in [5, 5.41) is 9.97. The fraction of sp³-hybridized carbons (Fsp3) is 0.321. The Kier molecular flexibility index (Phi) is 8.67. The van der Waals surface area contributed by atoms with Gasteiger partial charge in [0.1, 0.15) is 23.1 Å². The van der Waals surface area contributed by atoms with E-state index in [1.165, 1.54) is 13.2 Å². The smallest absolute Gasteiger partial charge is 0.407 e. The van der Waals surface area contributed by atoms with Crippen LogP contribution < -0.4 is 21.1 Å². The van der Waals surface area contributed by atoms with Crippen LogP contribution in [-0.2, 0) is 17.8 Å². The van der Waals surface area contributed by atoms with Crippen molar-refractivity contribution in [1.82, 2.24) is 24.6 Å². The standard InChI is InChI=1S/C28H33N7O5/c1-5-35-22(14-17(2)33-35)26(37)32-27-31-21-15-20(25(29)36)16-23(39-4)24(21)34(27)13-9-12-30-28(38)40-18(3)19-10-7-6-8-11-19/h6-8,10-11,14-16,18H,5,9,12-13H2,1-4H3,(H2,29,36)(H,30,38)(H,31,32,37)/t18-/m0/s1. The lowest BCUT2D eigenvalue weighted by Gasteiger charge is -2.15. The fourth-order valence-electron chi connectivity index (χ4n) is 4.40. The number of primary amides is 1. The molecule has 0 aliphatic rings. The third-order valence-corrected chi connectivity index (χ3v) is 6.35. The molecule has 40 heavy (non-hydrogen) atoms. The Morgan fingerprint density at radius 1 is 1.12 bits per heavy atom. The minimum absolute atomic E-state index is 0.225. The summed E-state index contributed by atoms with van der Waals surface area (Å²) in [5.74, 6) is -0.390. The van der Waals surface area contributed by atoms with Gasteiger partial charge in [-0.3, -0.25) is 19.6 Å². The second kappa shape index (κ2) is 12.3. The zero-order chi connectivity index (χ0) is 28.8. The molecule has 0 fully saturated rings. The number of methoxy groups -OCH3 is 1. The quantitative estimate of drug-likeness (QED) is 0.241. The van der Waals surface area contributed by atoms with Crippen LogP contribution in [0.1, 0.15) is 58.5 Å². The first-order valence-electron chi connectivity index (χ1n) is 12.9. The molecule has 12 nitrogen and oxygen atoms in total. The highest BCUT2D eigenvalue weighted by Gasteiger charge is 2.21. The van der Waals surface area contributed by atoms with Crippen LogP contribution in [0.5, 0.6) is 5.75 Å². The van der Waals surface area contributed by atoms with Crippen LogP contribution >= 0.6 is 0 Å². The molecule has 0 aliphatic heterocycles. The summed E-state index contributed by atoms with van der Waals surface area (Å²) < 4.78 is 14.4. The minimum atomic E-state index is -0.630. The van der Waals surface area contributed by atoms with E-state index in [0.717, 1.165) is 5.56 Å². The number of rotatable bonds is 11. The number of amides is 3. The molecule has 4 N–H and O–H groups in total. The van der Waals surface area contributed by atoms with Gasteiger partial charge in [0.25, 0.3) is 5.91 Å². The first kappa shape index (κ1) is 28.1. The number of hydrogen-bond donors (Lipinski definition) is 3. The number of nitrogens with one attached hydrogen (secondary N) is 2. The van der Waals surface area contributed by atoms with Gasteiger partial charge in [0.15, 0.2) is 0 Å². The minimum Gasteiger partial charge on any atom is -0.494 e. The van der Waals surface area contributed by atoms with E-state index in [0.29, 0.717) is 54.2 Å². The van der Waals surface area contributed by atoms with E-state index in [1.807, 2.05) is 44.2 Å². The van der Waals surface area contributed by atoms with Gasteiger partial charge in [-0.25, -0.2) is 9.78 Å². The summed E-state index contributed by atoms with van der Waals surface area (Å²) >= 11 is 0. The molecule has 4 rings (SSSR count). The van der Waals surface area contributed by atoms with E-state index < -0.39 is 18.1 Å². The predicted molar refractivity (Wildman–Crippen MR) is 149 cm³/mol. The Bertz CT molecular complexity index is 1530. The maximum Gasteiger partial charge on any atom is 0.407 e. The maximum absolute atomic E-state index is 13.2. The largest absolute Gasteiger partial charge is 0.494 e. The number of imidazole rings is 1. The van der Waals surface area contributed by atoms with Crippen LogP contribution in [0.15, 0.2) is 48.5 Å². The number of aryl methyl sites for hydroxylation is 3. The molecule has 0 aliphatic carbocycles. The molecule has 2 heterocycles. The van der Waals surface area contributed by atoms with Gasteiger partial charge < -0.3 is 25.1 Å². The van der Waals surface area contributed by atoms with Gasteiger partial charge in [-0.05, 0) is 51.0 Å². The SMILES string of the molecule is CCn1nc(C)cc1C(=O)Nc1nc2cc(C(N)=O)cc(OC)c2n1CCCNC(=O)O[C@@H](C)c1ccccc1. The first-order valence-corrected chi connectivity index (χ1v) is 12.9. The highest BCUT2D eigenvalue weighted by Crippen LogP contribution is 2.31. The number of carbonyl (C=O) groups excluding carboxylic acids is 3. The highest BCUT2D eigenvalue weighted by molar-refractivity contribution is 6.04. The number of ether oxygens (including phenoxy) is 2. The van der Waals surface area contributed by atoms with E-state index in [4.69, 9.17) is 15.2 Å². The molecule has 1 atom stereocenters. The van der Waals surface area contributed by atoms with Gasteiger partial charge in [-0.15, -0.1) is 0 Å². The number of hydrogen-bond acceptors (Lipinski definition) is 7. The molecule has 0 unspecified atom stereocenters. The van der Waals surface area contributed by atoms with E-state index in [1.54, 1.807) is 28.3 Å². The molecule has 210 valence electrons. The maximum atomic E-state index is 13.2. The molecule has 12 heteroatoms. The highest BCUT2D eigenvalue weighted by atomic mass is 16.6. The summed E-state index contributed by atoms with van der Waals surface area (Å²) in [6.45, 7) is 6.70. The summed E-state index contributed by atoms with van der Waals surface area (Å²) in [4.78, 5) is 42.0. The fourth-order valence-corrected chi connectivity index (χ4v) is 4.40. The summed E-state index contributed by atoms with van der Waals surface area (Å²) in [7, 11) is 1.48. The third kappa shape index (κ3) is 6.22. The number of benzene rings is 2. The Balaban J connectivity index is 1.54. The van der Waals surface area contributed by atoms with Gasteiger partial charge >= 0.3 is 6.09 Å². The molecule has 2 aromatic heterocycles. The van der Waals surface area contributed by atoms with Crippen LogP contribution in [0.25, 0.3) is 11.0 Å². The topological polar surface area (TPSA) is 155 Å². The van der Waals surface area contributed by atoms with Gasteiger partial charge in [0.05, 0.1) is 18.3 Å². The molecule has 0 saturated carbocycles. The number of nitrogens with zero attached hydrogens (tertiary/aromatic N) is 4. The van der Waals surface area contributed by atoms with Crippen molar-refractivity contribution in [2.24, 2.45) is 5.73 Å². The van der Waals surface area contributed by atoms with E-state index in [2.05, 4.69) is 20.7 Å². The van der Waals surface area contributed by atoms with E-state index in [9.17, 15) is 14.4 Å². The Labute approximate surface area is 231 Å². The molecule has 2 aromatic carbocycles. The van der Waals surface area contributed by atoms with Crippen molar-refractivity contribution >= 4 is 34.9 Å². The molecular formula is C28H33N7O5. The number of alkyl carbamates (subject to hydrolysis) is 1. The molecule has 0 saturated heterocycles. The number of anilines is 1. The molecule has 0 spiro atoms. The molecule has 4 aromatic rings. The lowest BCUT2D eigenvalue weighted by Crippen LogP contribution is -2.27. The van der Waals surface area contributed by atoms with Crippen molar-refractivity contribution < 1.29 is 23.9 Å². The lowest BCUT2D eigenvalue weighted by atomic mass is 10.1. The van der Waals surface area contributed by atoms with Crippen molar-refractivity contribution in [3.8, 4) is 5.75 Å². The van der Waals surface area contributed by atoms with Crippen molar-refractivity contribution in [2.75, 3.05) is 19.0 Å². The second-order valence-corrected chi connectivity index (χ2v) is 9.18. The zero-order valence-electron chi connectivity index (χ0n) is 22.9. The van der Waals surface area contributed by atoms with Crippen molar-refractivity contribution in [3.05, 3.63) is 71.0 Å². The monoisotopic (exact) mass is 547 g/mol. The van der Waals surface area contributed by atoms with Crippen LogP contribution in [0.2, 0.25) is 0 Å². The van der Waals surface area contributed by atoms with Crippen molar-refractivity contribution in [3.63, 3.8) is 0 Å². The molecule has 3 amide bonds. The second-order valence-electron chi connectivity index (χ2n) is 9.18. The summed E-state index contributed by atoms with van der Waals surface area (Å²) in [5.41, 5.74) is 8.72. The molecule has 0 radical (unpaired) electrons. The average molecular weight is 548 g/mol. The first-order chi connectivity index (χ1) is 19.2. The predicted octanol–water partition coefficient (Wildman–Crippen LogP) is 3.80. The van der Waals surface area contributed by atoms with E-state index in [-0.39, 0.29) is 17.4 Å². The summed E-state index contributed by atoms with van der Waals surface area (Å²) in [6.07, 6.45) is -0.452. The number of fused-ring (bicyclic) bond motifs is 1. The molecular weight excluding hydrogens is 514 g/mol. The van der Waals surface area contributed by atoms with Crippen molar-refractivity contribution in [2.45, 2.75) is 46.4 Å². The van der Waals surface area contributed by atoms with Gasteiger partial charge in [-0.2, -0.15) is 5.10 Å². The summed E-state index contributed by atoms with van der Waals surface area (Å²) in [6, 6.07) is 14.2. The lowest BCUT2D eigenvalue weighted by molar-refractivity contribution is 0.0995. The molecule has 0 bridgehead atoms. The van der Waals surface area contributed by atoms with Gasteiger partial charge in [0.2, 0.25) is 11.9 Å². The Morgan fingerprint density at radius 2 is 1.88 bits per heavy atom. The van der Waals surface area contributed by atoms with E-state index >= 15 is 0 Å². The normalized spacial score (nSPS) is 11.7. The van der Waals surface area contributed by atoms with Gasteiger partial charge in [0, 0.05) is 25.2 Å². The third-order valence-electron chi connectivity index (χ3n) is 6.35. The Morgan fingerprint density at radius 3 is 2.55 bits per heavy atom. The average Bonchev–Trinajstić information content (AvgIpc) is 3.50. The van der Waals surface area contributed by atoms with Crippen molar-refractivity contribution in [1.29, 1.82) is 0 Å². The zero-order valence-corrected chi connectivity index (χ0v) is 22.9. The number of aromatic nitrogens is 4. The van der Waals surface area contributed by atoms with Crippen LogP contribution in [-0.4, -0.2) is 50.9 Å². The van der Waals surface area contributed by atoms with Crippen LogP contribution in [0.3, 0.4) is 0 Å². The van der Waals surface area contributed by atoms with Crippen LogP contribution in [0.4, 0.5) is 10.7 Å².